The van der Waals surface area contributed by atoms with E-state index < -0.39 is 4.92 Å². The zero-order chi connectivity index (χ0) is 21.3. The van der Waals surface area contributed by atoms with Gasteiger partial charge in [-0.3, -0.25) is 19.7 Å². The summed E-state index contributed by atoms with van der Waals surface area (Å²) < 4.78 is 5.97. The Morgan fingerprint density at radius 2 is 1.97 bits per heavy atom. The molecule has 0 saturated carbocycles. The SMILES string of the molecule is CC(=O)N1CCC[C@@H]1c1cc([N+](=O)[O-])ccc1Oc1ccc(C(=O)N2CCC2)nc1. The van der Waals surface area contributed by atoms with Crippen molar-refractivity contribution >= 4 is 17.5 Å². The van der Waals surface area contributed by atoms with Crippen molar-refractivity contribution in [1.29, 1.82) is 0 Å². The lowest BCUT2D eigenvalue weighted by atomic mass is 10.0. The Balaban J connectivity index is 1.61. The van der Waals surface area contributed by atoms with E-state index in [2.05, 4.69) is 4.98 Å². The third kappa shape index (κ3) is 3.83. The molecule has 1 aromatic heterocycles. The molecule has 9 heteroatoms. The second-order valence-electron chi connectivity index (χ2n) is 7.48. The van der Waals surface area contributed by atoms with E-state index in [4.69, 9.17) is 4.74 Å². The summed E-state index contributed by atoms with van der Waals surface area (Å²) in [6, 6.07) is 7.37. The maximum Gasteiger partial charge on any atom is 0.272 e. The number of benzene rings is 1. The first-order valence-electron chi connectivity index (χ1n) is 9.93. The third-order valence-electron chi connectivity index (χ3n) is 5.55. The van der Waals surface area contributed by atoms with Gasteiger partial charge in [-0.1, -0.05) is 0 Å². The van der Waals surface area contributed by atoms with Gasteiger partial charge in [0.25, 0.3) is 11.6 Å². The molecule has 4 rings (SSSR count). The van der Waals surface area contributed by atoms with E-state index in [0.29, 0.717) is 35.7 Å². The highest BCUT2D eigenvalue weighted by Crippen LogP contribution is 2.40. The minimum absolute atomic E-state index is 0.0543. The Morgan fingerprint density at radius 1 is 1.17 bits per heavy atom. The van der Waals surface area contributed by atoms with Crippen LogP contribution >= 0.6 is 0 Å². The molecule has 9 nitrogen and oxygen atoms in total. The van der Waals surface area contributed by atoms with Crippen LogP contribution in [-0.2, 0) is 4.79 Å². The topological polar surface area (TPSA) is 106 Å². The molecule has 2 amide bonds. The normalized spacial score (nSPS) is 18.1. The average molecular weight is 410 g/mol. The molecule has 0 bridgehead atoms. The van der Waals surface area contributed by atoms with Gasteiger partial charge in [-0.25, -0.2) is 4.98 Å². The van der Waals surface area contributed by atoms with Gasteiger partial charge in [0, 0.05) is 44.3 Å². The van der Waals surface area contributed by atoms with Crippen molar-refractivity contribution in [3.63, 3.8) is 0 Å². The Bertz CT molecular complexity index is 987. The summed E-state index contributed by atoms with van der Waals surface area (Å²) in [5.41, 5.74) is 0.892. The highest BCUT2D eigenvalue weighted by molar-refractivity contribution is 5.92. The fourth-order valence-corrected chi connectivity index (χ4v) is 3.85. The summed E-state index contributed by atoms with van der Waals surface area (Å²) in [5, 5.41) is 11.3. The van der Waals surface area contributed by atoms with Gasteiger partial charge < -0.3 is 14.5 Å². The Labute approximate surface area is 173 Å². The molecule has 156 valence electrons. The van der Waals surface area contributed by atoms with Crippen molar-refractivity contribution in [1.82, 2.24) is 14.8 Å². The van der Waals surface area contributed by atoms with Gasteiger partial charge in [0.15, 0.2) is 0 Å². The molecule has 2 aromatic rings. The van der Waals surface area contributed by atoms with Crippen LogP contribution in [0.15, 0.2) is 36.5 Å². The van der Waals surface area contributed by atoms with Crippen molar-refractivity contribution in [2.75, 3.05) is 19.6 Å². The van der Waals surface area contributed by atoms with E-state index in [1.165, 1.54) is 25.3 Å². The Hall–Kier alpha value is -3.49. The standard InChI is InChI=1S/C21H22N4O5/c1-14(26)24-11-2-4-19(24)17-12-15(25(28)29)5-8-20(17)30-16-6-7-18(22-13-16)21(27)23-9-3-10-23/h5-8,12-13,19H,2-4,9-11H2,1H3/t19-/m1/s1. The number of non-ortho nitro benzene ring substituents is 1. The smallest absolute Gasteiger partial charge is 0.272 e. The molecular weight excluding hydrogens is 388 g/mol. The number of carbonyl (C=O) groups is 2. The highest BCUT2D eigenvalue weighted by atomic mass is 16.6. The molecule has 2 saturated heterocycles. The average Bonchev–Trinajstić information content (AvgIpc) is 3.17. The van der Waals surface area contributed by atoms with Crippen molar-refractivity contribution in [2.45, 2.75) is 32.2 Å². The zero-order valence-corrected chi connectivity index (χ0v) is 16.6. The third-order valence-corrected chi connectivity index (χ3v) is 5.55. The monoisotopic (exact) mass is 410 g/mol. The number of nitro groups is 1. The molecule has 1 atom stereocenters. The minimum atomic E-state index is -0.460. The molecule has 2 aliphatic heterocycles. The predicted octanol–water partition coefficient (Wildman–Crippen LogP) is 3.31. The summed E-state index contributed by atoms with van der Waals surface area (Å²) >= 11 is 0. The van der Waals surface area contributed by atoms with Crippen LogP contribution in [0, 0.1) is 10.1 Å². The summed E-state index contributed by atoms with van der Waals surface area (Å²) in [6.45, 7) is 3.60. The second-order valence-corrected chi connectivity index (χ2v) is 7.48. The summed E-state index contributed by atoms with van der Waals surface area (Å²) in [7, 11) is 0. The van der Waals surface area contributed by atoms with E-state index in [1.807, 2.05) is 0 Å². The number of hydrogen-bond acceptors (Lipinski definition) is 6. The summed E-state index contributed by atoms with van der Waals surface area (Å²) in [4.78, 5) is 42.7. The number of aromatic nitrogens is 1. The molecule has 0 aliphatic carbocycles. The lowest BCUT2D eigenvalue weighted by Crippen LogP contribution is -2.42. The van der Waals surface area contributed by atoms with Crippen LogP contribution in [0.25, 0.3) is 0 Å². The van der Waals surface area contributed by atoms with Gasteiger partial charge in [0.05, 0.1) is 17.2 Å². The number of pyridine rings is 1. The predicted molar refractivity (Wildman–Crippen MR) is 107 cm³/mol. The van der Waals surface area contributed by atoms with E-state index in [1.54, 1.807) is 28.0 Å². The molecule has 3 heterocycles. The molecule has 0 unspecified atom stereocenters. The van der Waals surface area contributed by atoms with Crippen LogP contribution < -0.4 is 4.74 Å². The van der Waals surface area contributed by atoms with Crippen molar-refractivity contribution in [2.24, 2.45) is 0 Å². The van der Waals surface area contributed by atoms with Gasteiger partial charge in [0.1, 0.15) is 17.2 Å². The van der Waals surface area contributed by atoms with Crippen LogP contribution in [0.1, 0.15) is 48.3 Å². The van der Waals surface area contributed by atoms with Gasteiger partial charge in [-0.05, 0) is 37.5 Å². The van der Waals surface area contributed by atoms with Gasteiger partial charge in [-0.2, -0.15) is 0 Å². The van der Waals surface area contributed by atoms with Crippen molar-refractivity contribution in [3.8, 4) is 11.5 Å². The minimum Gasteiger partial charge on any atom is -0.455 e. The molecule has 2 aliphatic rings. The van der Waals surface area contributed by atoms with Gasteiger partial charge in [-0.15, -0.1) is 0 Å². The first kappa shape index (κ1) is 19.8. The van der Waals surface area contributed by atoms with Crippen LogP contribution in [0.2, 0.25) is 0 Å². The summed E-state index contributed by atoms with van der Waals surface area (Å²) in [6.07, 6.45) is 4.00. The van der Waals surface area contributed by atoms with E-state index >= 15 is 0 Å². The van der Waals surface area contributed by atoms with Crippen LogP contribution in [-0.4, -0.2) is 51.2 Å². The molecule has 0 spiro atoms. The van der Waals surface area contributed by atoms with Gasteiger partial charge >= 0.3 is 0 Å². The first-order valence-corrected chi connectivity index (χ1v) is 9.93. The largest absolute Gasteiger partial charge is 0.455 e. The van der Waals surface area contributed by atoms with Crippen LogP contribution in [0.4, 0.5) is 5.69 Å². The molecule has 30 heavy (non-hydrogen) atoms. The molecular formula is C21H22N4O5. The number of nitro benzene ring substituents is 1. The molecule has 1 aromatic carbocycles. The zero-order valence-electron chi connectivity index (χ0n) is 16.6. The number of amides is 2. The van der Waals surface area contributed by atoms with Crippen LogP contribution in [0.5, 0.6) is 11.5 Å². The number of rotatable bonds is 5. The number of carbonyl (C=O) groups excluding carboxylic acids is 2. The number of likely N-dealkylation sites (tertiary alicyclic amines) is 2. The van der Waals surface area contributed by atoms with Gasteiger partial charge in [0.2, 0.25) is 5.91 Å². The van der Waals surface area contributed by atoms with Crippen molar-refractivity contribution < 1.29 is 19.2 Å². The second kappa shape index (κ2) is 8.10. The molecule has 0 N–H and O–H groups in total. The fourth-order valence-electron chi connectivity index (χ4n) is 3.85. The molecule has 0 radical (unpaired) electrons. The number of hydrogen-bond donors (Lipinski definition) is 0. The Kier molecular flexibility index (Phi) is 5.35. The van der Waals surface area contributed by atoms with E-state index in [-0.39, 0.29) is 23.5 Å². The number of ether oxygens (including phenoxy) is 1. The van der Waals surface area contributed by atoms with E-state index in [9.17, 15) is 19.7 Å². The first-order chi connectivity index (χ1) is 14.4. The number of nitrogens with zero attached hydrogens (tertiary/aromatic N) is 4. The fraction of sp³-hybridized carbons (Fsp3) is 0.381. The lowest BCUT2D eigenvalue weighted by molar-refractivity contribution is -0.385. The lowest BCUT2D eigenvalue weighted by Gasteiger charge is -2.30. The maximum absolute atomic E-state index is 12.2. The van der Waals surface area contributed by atoms with E-state index in [0.717, 1.165) is 25.9 Å². The highest BCUT2D eigenvalue weighted by Gasteiger charge is 2.31. The van der Waals surface area contributed by atoms with Crippen molar-refractivity contribution in [3.05, 3.63) is 57.9 Å². The quantitative estimate of drug-likeness (QED) is 0.553. The molecule has 2 fully saturated rings. The Morgan fingerprint density at radius 3 is 2.57 bits per heavy atom. The summed E-state index contributed by atoms with van der Waals surface area (Å²) in [5.74, 6) is 0.664. The van der Waals surface area contributed by atoms with Crippen LogP contribution in [0.3, 0.4) is 0 Å². The maximum atomic E-state index is 12.2.